The summed E-state index contributed by atoms with van der Waals surface area (Å²) in [6.45, 7) is 2.33. The molecule has 0 spiro atoms. The van der Waals surface area contributed by atoms with Gasteiger partial charge >= 0.3 is 7.82 Å². The maximum atomic E-state index is 13.9. The molecule has 1 fully saturated rings. The number of hydrogen-bond acceptors (Lipinski definition) is 16. The van der Waals surface area contributed by atoms with Crippen LogP contribution in [0.3, 0.4) is 0 Å². The number of aliphatic hydroxyl groups is 2. The summed E-state index contributed by atoms with van der Waals surface area (Å²) in [5.41, 5.74) is 4.16. The number of unbranched alkanes of at least 4 members (excludes halogenated alkanes) is 15. The lowest BCUT2D eigenvalue weighted by molar-refractivity contribution is -0.147. The Morgan fingerprint density at radius 2 is 1.57 bits per heavy atom. The zero-order chi connectivity index (χ0) is 40.2. The SMILES string of the molecule is CCCCCCCCCCCCCCCCCCOC[C@H](COc1ccc(C#N)nn1)OP(=O)(OC)O[C@H]1O[C@@](C#N)(c2ccc3c(N)ncnn23)[C@H](O)[C@@H]1O. The molecule has 0 bridgehead atoms. The fourth-order valence-electron chi connectivity index (χ4n) is 6.52. The second kappa shape index (κ2) is 23.5. The molecule has 1 aliphatic rings. The first-order chi connectivity index (χ1) is 27.2. The number of nitrogen functional groups attached to an aromatic ring is 1. The maximum absolute atomic E-state index is 13.9. The van der Waals surface area contributed by atoms with E-state index in [9.17, 15) is 20.0 Å². The van der Waals surface area contributed by atoms with Crippen molar-refractivity contribution in [2.45, 2.75) is 140 Å². The Hall–Kier alpha value is -3.77. The average molecular weight is 801 g/mol. The number of nitriles is 2. The fraction of sp³-hybridized carbons (Fsp3) is 0.684. The number of nitrogens with zero attached hydrogens (tertiary/aromatic N) is 7. The molecule has 1 saturated heterocycles. The van der Waals surface area contributed by atoms with Gasteiger partial charge in [0.2, 0.25) is 11.5 Å². The summed E-state index contributed by atoms with van der Waals surface area (Å²) >= 11 is 0. The topological polar surface area (TPSA) is 242 Å². The molecule has 17 nitrogen and oxygen atoms in total. The highest BCUT2D eigenvalue weighted by Crippen LogP contribution is 2.54. The summed E-state index contributed by atoms with van der Waals surface area (Å²) in [5.74, 6) is 0.179. The van der Waals surface area contributed by atoms with Crippen molar-refractivity contribution in [1.82, 2.24) is 24.8 Å². The first-order valence-corrected chi connectivity index (χ1v) is 21.2. The lowest BCUT2D eigenvalue weighted by atomic mass is 9.93. The van der Waals surface area contributed by atoms with E-state index < -0.39 is 38.0 Å². The summed E-state index contributed by atoms with van der Waals surface area (Å²) in [6.07, 6.45) is 14.6. The molecule has 308 valence electrons. The van der Waals surface area contributed by atoms with Gasteiger partial charge in [0.05, 0.1) is 12.3 Å². The summed E-state index contributed by atoms with van der Waals surface area (Å²) in [5, 5.41) is 53.0. The normalized spacial score (nSPS) is 21.1. The van der Waals surface area contributed by atoms with E-state index in [0.29, 0.717) is 12.1 Å². The lowest BCUT2D eigenvalue weighted by Crippen LogP contribution is -2.40. The highest BCUT2D eigenvalue weighted by atomic mass is 31.2. The number of phosphoric ester groups is 1. The van der Waals surface area contributed by atoms with Gasteiger partial charge in [0.25, 0.3) is 0 Å². The smallest absolute Gasteiger partial charge is 0.474 e. The van der Waals surface area contributed by atoms with Crippen LogP contribution in [0, 0.1) is 22.7 Å². The molecule has 6 atom stereocenters. The van der Waals surface area contributed by atoms with Crippen LogP contribution in [0.15, 0.2) is 30.6 Å². The van der Waals surface area contributed by atoms with Crippen LogP contribution in [0.1, 0.15) is 121 Å². The highest BCUT2D eigenvalue weighted by Gasteiger charge is 2.60. The summed E-state index contributed by atoms with van der Waals surface area (Å²) < 4.78 is 49.0. The molecule has 56 heavy (non-hydrogen) atoms. The molecule has 0 saturated carbocycles. The molecular weight excluding hydrogens is 743 g/mol. The number of hydrogen-bond donors (Lipinski definition) is 3. The minimum Gasteiger partial charge on any atom is -0.474 e. The Morgan fingerprint density at radius 1 is 0.929 bits per heavy atom. The van der Waals surface area contributed by atoms with E-state index >= 15 is 0 Å². The van der Waals surface area contributed by atoms with Crippen molar-refractivity contribution in [3.8, 4) is 18.0 Å². The molecule has 1 aliphatic heterocycles. The van der Waals surface area contributed by atoms with Crippen molar-refractivity contribution in [2.75, 3.05) is 32.7 Å². The largest absolute Gasteiger partial charge is 0.477 e. The molecule has 0 aliphatic carbocycles. The quantitative estimate of drug-likeness (QED) is 0.0540. The summed E-state index contributed by atoms with van der Waals surface area (Å²) in [4.78, 5) is 3.92. The van der Waals surface area contributed by atoms with Crippen molar-refractivity contribution >= 4 is 19.2 Å². The van der Waals surface area contributed by atoms with E-state index in [4.69, 9.17) is 38.8 Å². The second-order valence-electron chi connectivity index (χ2n) is 14.0. The van der Waals surface area contributed by atoms with Crippen LogP contribution < -0.4 is 10.5 Å². The Labute approximate surface area is 329 Å². The van der Waals surface area contributed by atoms with Gasteiger partial charge in [-0.3, -0.25) is 13.6 Å². The van der Waals surface area contributed by atoms with Crippen molar-refractivity contribution in [2.24, 2.45) is 0 Å². The van der Waals surface area contributed by atoms with Gasteiger partial charge in [-0.25, -0.2) is 14.1 Å². The van der Waals surface area contributed by atoms with E-state index in [1.807, 2.05) is 12.1 Å². The molecule has 0 amide bonds. The molecular formula is C38H57N8O9P. The number of rotatable bonds is 28. The van der Waals surface area contributed by atoms with Crippen LogP contribution in [0.25, 0.3) is 5.52 Å². The number of phosphoric acid groups is 1. The lowest BCUT2D eigenvalue weighted by Gasteiger charge is -2.26. The minimum atomic E-state index is -4.59. The second-order valence-corrected chi connectivity index (χ2v) is 15.6. The number of anilines is 1. The predicted octanol–water partition coefficient (Wildman–Crippen LogP) is 6.28. The minimum absolute atomic E-state index is 0.0206. The molecule has 3 aromatic rings. The first-order valence-electron chi connectivity index (χ1n) is 19.7. The van der Waals surface area contributed by atoms with Gasteiger partial charge in [-0.05, 0) is 24.6 Å². The first kappa shape index (κ1) is 44.9. The average Bonchev–Trinajstić information content (AvgIpc) is 3.75. The molecule has 4 N–H and O–H groups in total. The molecule has 4 heterocycles. The molecule has 18 heteroatoms. The molecule has 0 radical (unpaired) electrons. The van der Waals surface area contributed by atoms with Crippen LogP contribution in [0.2, 0.25) is 0 Å². The third kappa shape index (κ3) is 12.9. The van der Waals surface area contributed by atoms with E-state index in [1.165, 1.54) is 112 Å². The van der Waals surface area contributed by atoms with E-state index in [0.717, 1.165) is 32.7 Å². The zero-order valence-electron chi connectivity index (χ0n) is 32.5. The monoisotopic (exact) mass is 800 g/mol. The number of ether oxygens (including phenoxy) is 3. The molecule has 1 unspecified atom stereocenters. The maximum Gasteiger partial charge on any atom is 0.477 e. The summed E-state index contributed by atoms with van der Waals surface area (Å²) in [6, 6.07) is 9.59. The van der Waals surface area contributed by atoms with Gasteiger partial charge in [0, 0.05) is 19.8 Å². The van der Waals surface area contributed by atoms with Crippen LogP contribution in [-0.2, 0) is 33.2 Å². The molecule has 0 aromatic carbocycles. The Kier molecular flexibility index (Phi) is 18.8. The van der Waals surface area contributed by atoms with Gasteiger partial charge in [0.1, 0.15) is 48.9 Å². The third-order valence-corrected chi connectivity index (χ3v) is 11.2. The van der Waals surface area contributed by atoms with Gasteiger partial charge in [-0.2, -0.15) is 15.6 Å². The van der Waals surface area contributed by atoms with Crippen molar-refractivity contribution < 1.29 is 42.6 Å². The predicted molar refractivity (Wildman–Crippen MR) is 205 cm³/mol. The van der Waals surface area contributed by atoms with Crippen molar-refractivity contribution in [1.29, 1.82) is 10.5 Å². The Morgan fingerprint density at radius 3 is 2.14 bits per heavy atom. The standard InChI is InChI=1S/C38H57N8O9P/c1-3-4-5-6-7-8-9-10-11-12-13-14-15-16-17-18-23-51-25-30(26-52-33-22-19-29(24-39)44-45-33)54-56(49,50-2)55-37-34(47)35(48)38(27-40,53-37)32-21-20-31-36(41)42-28-43-46(31)32/h19-22,28,30,34-35,37,47-48H,3-18,23,25-26H2,1-2H3,(H2,41,42,43)/t30-,34+,35-,37-,38+,56?/m1/s1. The van der Waals surface area contributed by atoms with Crippen molar-refractivity contribution in [3.05, 3.63) is 42.0 Å². The number of fused-ring (bicyclic) bond motifs is 1. The fourth-order valence-corrected chi connectivity index (χ4v) is 7.65. The van der Waals surface area contributed by atoms with Gasteiger partial charge in [0.15, 0.2) is 17.8 Å². The van der Waals surface area contributed by atoms with Crippen molar-refractivity contribution in [3.63, 3.8) is 0 Å². The number of aliphatic hydroxyl groups excluding tert-OH is 2. The van der Waals surface area contributed by atoms with Crippen LogP contribution in [-0.4, -0.2) is 86.5 Å². The van der Waals surface area contributed by atoms with Crippen LogP contribution in [0.4, 0.5) is 5.82 Å². The Balaban J connectivity index is 1.25. The van der Waals surface area contributed by atoms with Gasteiger partial charge in [-0.1, -0.05) is 103 Å². The zero-order valence-corrected chi connectivity index (χ0v) is 33.4. The third-order valence-electron chi connectivity index (χ3n) is 9.70. The van der Waals surface area contributed by atoms with E-state index in [-0.39, 0.29) is 36.3 Å². The molecule has 3 aromatic heterocycles. The van der Waals surface area contributed by atoms with Gasteiger partial charge < -0.3 is 30.2 Å². The number of nitrogens with two attached hydrogens (primary N) is 1. The Bertz CT molecular complexity index is 1740. The molecule has 4 rings (SSSR count). The van der Waals surface area contributed by atoms with Gasteiger partial charge in [-0.15, -0.1) is 10.2 Å². The summed E-state index contributed by atoms with van der Waals surface area (Å²) in [7, 11) is -3.53. The van der Waals surface area contributed by atoms with E-state index in [2.05, 4.69) is 27.2 Å². The number of aromatic nitrogens is 5. The van der Waals surface area contributed by atoms with Crippen LogP contribution in [0.5, 0.6) is 5.88 Å². The van der Waals surface area contributed by atoms with E-state index in [1.54, 1.807) is 0 Å². The van der Waals surface area contributed by atoms with Crippen LogP contribution >= 0.6 is 7.82 Å². The highest BCUT2D eigenvalue weighted by molar-refractivity contribution is 7.48.